The average molecular weight is 392 g/mol. The molecule has 0 aromatic carbocycles. The van der Waals surface area contributed by atoms with Gasteiger partial charge in [-0.3, -0.25) is 9.59 Å². The van der Waals surface area contributed by atoms with E-state index in [2.05, 4.69) is 30.8 Å². The number of fused-ring (bicyclic) bond motifs is 1. The summed E-state index contributed by atoms with van der Waals surface area (Å²) in [6.07, 6.45) is 4.88. The van der Waals surface area contributed by atoms with Crippen LogP contribution in [0.1, 0.15) is 32.0 Å². The van der Waals surface area contributed by atoms with Gasteiger partial charge in [0.25, 0.3) is 0 Å². The number of nitrogens with one attached hydrogen (secondary N) is 2. The van der Waals surface area contributed by atoms with Gasteiger partial charge in [-0.2, -0.15) is 16.3 Å². The maximum absolute atomic E-state index is 12.5. The van der Waals surface area contributed by atoms with Gasteiger partial charge < -0.3 is 15.5 Å². The van der Waals surface area contributed by atoms with Crippen LogP contribution in [0, 0.1) is 0 Å². The first-order valence-corrected chi connectivity index (χ1v) is 10.5. The van der Waals surface area contributed by atoms with E-state index < -0.39 is 6.04 Å². The van der Waals surface area contributed by atoms with Crippen LogP contribution in [-0.4, -0.2) is 62.8 Å². The summed E-state index contributed by atoms with van der Waals surface area (Å²) < 4.78 is 1.67. The third kappa shape index (κ3) is 4.88. The van der Waals surface area contributed by atoms with Gasteiger partial charge in [-0.1, -0.05) is 0 Å². The normalized spacial score (nSPS) is 15.1. The highest BCUT2D eigenvalue weighted by Gasteiger charge is 2.20. The number of carbonyl (C=O) groups excluding carboxylic acids is 2. The predicted octanol–water partition coefficient (Wildman–Crippen LogP) is 0.599. The number of aromatic nitrogens is 4. The molecule has 2 amide bonds. The minimum absolute atomic E-state index is 0.200. The summed E-state index contributed by atoms with van der Waals surface area (Å²) in [4.78, 5) is 26.1. The summed E-state index contributed by atoms with van der Waals surface area (Å²) in [6.45, 7) is 3.61. The molecule has 1 aliphatic heterocycles. The molecule has 1 fully saturated rings. The molecule has 0 radical (unpaired) electrons. The van der Waals surface area contributed by atoms with Crippen molar-refractivity contribution in [3.8, 4) is 0 Å². The van der Waals surface area contributed by atoms with E-state index in [-0.39, 0.29) is 18.4 Å². The molecule has 0 bridgehead atoms. The largest absolute Gasteiger partial charge is 0.355 e. The van der Waals surface area contributed by atoms with Crippen molar-refractivity contribution >= 4 is 35.0 Å². The van der Waals surface area contributed by atoms with E-state index in [4.69, 9.17) is 0 Å². The molecule has 2 aromatic rings. The minimum atomic E-state index is -0.553. The van der Waals surface area contributed by atoms with Crippen LogP contribution >= 0.6 is 11.8 Å². The van der Waals surface area contributed by atoms with Crippen LogP contribution in [-0.2, 0) is 16.1 Å². The minimum Gasteiger partial charge on any atom is -0.355 e. The molecule has 0 unspecified atom stereocenters. The Morgan fingerprint density at radius 2 is 2.04 bits per heavy atom. The van der Waals surface area contributed by atoms with Crippen LogP contribution in [0.5, 0.6) is 0 Å². The maximum atomic E-state index is 12.5. The van der Waals surface area contributed by atoms with Gasteiger partial charge in [-0.25, -0.2) is 0 Å². The molecule has 2 aromatic heterocycles. The van der Waals surface area contributed by atoms with Crippen molar-refractivity contribution in [3.05, 3.63) is 18.0 Å². The molecule has 10 heteroatoms. The summed E-state index contributed by atoms with van der Waals surface area (Å²) in [5, 5.41) is 18.4. The Bertz CT molecular complexity index is 804. The highest BCUT2D eigenvalue weighted by Crippen LogP contribution is 2.18. The first-order chi connectivity index (χ1) is 13.1. The Labute approximate surface area is 162 Å². The molecule has 0 saturated carbocycles. The standard InChI is InChI=1S/C17H25N7O2S/c1-12(25)19-13(7-10-27-2)17(26)18-11-16-21-20-14-5-6-15(22-24(14)16)23-8-3-4-9-23/h5-6,13H,3-4,7-11H2,1-2H3,(H,18,26)(H,19,25)/t13-/m0/s1. The molecular formula is C17H25N7O2S. The van der Waals surface area contributed by atoms with Gasteiger partial charge in [0.05, 0.1) is 6.54 Å². The molecule has 9 nitrogen and oxygen atoms in total. The third-order valence-electron chi connectivity index (χ3n) is 4.47. The van der Waals surface area contributed by atoms with Crippen molar-refractivity contribution in [3.63, 3.8) is 0 Å². The van der Waals surface area contributed by atoms with E-state index in [0.29, 0.717) is 17.9 Å². The van der Waals surface area contributed by atoms with Crippen LogP contribution in [0.2, 0.25) is 0 Å². The second kappa shape index (κ2) is 9.03. The third-order valence-corrected chi connectivity index (χ3v) is 5.11. The fourth-order valence-corrected chi connectivity index (χ4v) is 3.56. The molecule has 3 rings (SSSR count). The van der Waals surface area contributed by atoms with Crippen LogP contribution < -0.4 is 15.5 Å². The lowest BCUT2D eigenvalue weighted by atomic mass is 10.2. The second-order valence-corrected chi connectivity index (χ2v) is 7.51. The topological polar surface area (TPSA) is 105 Å². The van der Waals surface area contributed by atoms with Crippen molar-refractivity contribution in [1.82, 2.24) is 30.4 Å². The van der Waals surface area contributed by atoms with Crippen LogP contribution in [0.15, 0.2) is 12.1 Å². The van der Waals surface area contributed by atoms with Gasteiger partial charge in [0.15, 0.2) is 11.5 Å². The van der Waals surface area contributed by atoms with E-state index in [1.54, 1.807) is 16.3 Å². The monoisotopic (exact) mass is 391 g/mol. The van der Waals surface area contributed by atoms with Gasteiger partial charge in [-0.15, -0.1) is 15.3 Å². The summed E-state index contributed by atoms with van der Waals surface area (Å²) in [5.41, 5.74) is 0.642. The van der Waals surface area contributed by atoms with Crippen molar-refractivity contribution < 1.29 is 9.59 Å². The quantitative estimate of drug-likeness (QED) is 0.679. The molecule has 2 N–H and O–H groups in total. The molecule has 27 heavy (non-hydrogen) atoms. The van der Waals surface area contributed by atoms with Crippen molar-refractivity contribution in [2.24, 2.45) is 0 Å². The summed E-state index contributed by atoms with van der Waals surface area (Å²) in [6, 6.07) is 3.28. The first-order valence-electron chi connectivity index (χ1n) is 9.08. The second-order valence-electron chi connectivity index (χ2n) is 6.52. The first kappa shape index (κ1) is 19.4. The molecule has 146 valence electrons. The van der Waals surface area contributed by atoms with Gasteiger partial charge in [0, 0.05) is 20.0 Å². The number of amides is 2. The highest BCUT2D eigenvalue weighted by molar-refractivity contribution is 7.98. The number of hydrogen-bond acceptors (Lipinski definition) is 7. The zero-order chi connectivity index (χ0) is 19.2. The molecule has 3 heterocycles. The van der Waals surface area contributed by atoms with Gasteiger partial charge >= 0.3 is 0 Å². The van der Waals surface area contributed by atoms with Gasteiger partial charge in [-0.05, 0) is 43.4 Å². The fourth-order valence-electron chi connectivity index (χ4n) is 3.09. The van der Waals surface area contributed by atoms with Crippen molar-refractivity contribution in [2.75, 3.05) is 30.0 Å². The summed E-state index contributed by atoms with van der Waals surface area (Å²) in [5.74, 6) is 1.79. The van der Waals surface area contributed by atoms with Gasteiger partial charge in [0.2, 0.25) is 11.8 Å². The number of thioether (sulfide) groups is 1. The van der Waals surface area contributed by atoms with Gasteiger partial charge in [0.1, 0.15) is 11.9 Å². The maximum Gasteiger partial charge on any atom is 0.242 e. The van der Waals surface area contributed by atoms with E-state index >= 15 is 0 Å². The van der Waals surface area contributed by atoms with Crippen molar-refractivity contribution in [2.45, 2.75) is 38.8 Å². The number of rotatable bonds is 8. The Hall–Kier alpha value is -2.36. The zero-order valence-corrected chi connectivity index (χ0v) is 16.5. The van der Waals surface area contributed by atoms with Crippen LogP contribution in [0.25, 0.3) is 5.65 Å². The Morgan fingerprint density at radius 3 is 2.74 bits per heavy atom. The fraction of sp³-hybridized carbons (Fsp3) is 0.588. The molecule has 1 atom stereocenters. The average Bonchev–Trinajstić information content (AvgIpc) is 3.32. The van der Waals surface area contributed by atoms with Crippen LogP contribution in [0.4, 0.5) is 5.82 Å². The lowest BCUT2D eigenvalue weighted by Gasteiger charge is -2.17. The van der Waals surface area contributed by atoms with E-state index in [1.807, 2.05) is 18.4 Å². The van der Waals surface area contributed by atoms with Crippen molar-refractivity contribution in [1.29, 1.82) is 0 Å². The SMILES string of the molecule is CSCC[C@H](NC(C)=O)C(=O)NCc1nnc2ccc(N3CCCC3)nn12. The molecule has 0 aliphatic carbocycles. The lowest BCUT2D eigenvalue weighted by Crippen LogP contribution is -2.46. The van der Waals surface area contributed by atoms with E-state index in [9.17, 15) is 9.59 Å². The Kier molecular flexibility index (Phi) is 6.49. The predicted molar refractivity (Wildman–Crippen MR) is 105 cm³/mol. The van der Waals surface area contributed by atoms with Crippen LogP contribution in [0.3, 0.4) is 0 Å². The number of nitrogens with zero attached hydrogens (tertiary/aromatic N) is 5. The zero-order valence-electron chi connectivity index (χ0n) is 15.6. The number of hydrogen-bond donors (Lipinski definition) is 2. The number of anilines is 1. The Morgan fingerprint density at radius 1 is 1.26 bits per heavy atom. The smallest absolute Gasteiger partial charge is 0.242 e. The molecule has 0 spiro atoms. The molecule has 1 aliphatic rings. The Balaban J connectivity index is 1.68. The molecular weight excluding hydrogens is 366 g/mol. The molecule has 1 saturated heterocycles. The summed E-state index contributed by atoms with van der Waals surface area (Å²) >= 11 is 1.63. The van der Waals surface area contributed by atoms with E-state index in [0.717, 1.165) is 24.7 Å². The van der Waals surface area contributed by atoms with E-state index in [1.165, 1.54) is 19.8 Å². The lowest BCUT2D eigenvalue weighted by molar-refractivity contribution is -0.128. The number of carbonyl (C=O) groups is 2. The summed E-state index contributed by atoms with van der Waals surface area (Å²) in [7, 11) is 0. The highest BCUT2D eigenvalue weighted by atomic mass is 32.2.